The minimum Gasteiger partial charge on any atom is -0.480 e. The number of esters is 1. The summed E-state index contributed by atoms with van der Waals surface area (Å²) in [5, 5.41) is 23.3. The highest BCUT2D eigenvalue weighted by atomic mass is 16.6. The maximum absolute atomic E-state index is 12.0. The summed E-state index contributed by atoms with van der Waals surface area (Å²) in [4.78, 5) is 35.4. The first-order chi connectivity index (χ1) is 12.3. The van der Waals surface area contributed by atoms with Crippen molar-refractivity contribution in [2.45, 2.75) is 38.8 Å². The molecule has 1 aromatic carbocycles. The molecule has 1 fully saturated rings. The van der Waals surface area contributed by atoms with Crippen LogP contribution in [0.15, 0.2) is 12.1 Å². The quantitative estimate of drug-likeness (QED) is 0.408. The molecule has 0 bridgehead atoms. The Labute approximate surface area is 151 Å². The molecule has 0 aromatic heterocycles. The van der Waals surface area contributed by atoms with E-state index in [0.717, 1.165) is 12.8 Å². The second kappa shape index (κ2) is 8.13. The average Bonchev–Trinajstić information content (AvgIpc) is 2.54. The fourth-order valence-corrected chi connectivity index (χ4v) is 3.19. The average molecular weight is 365 g/mol. The van der Waals surface area contributed by atoms with Crippen molar-refractivity contribution in [1.29, 1.82) is 0 Å². The van der Waals surface area contributed by atoms with E-state index >= 15 is 0 Å². The molecule has 0 atom stereocenters. The number of nitrogens with zero attached hydrogens (tertiary/aromatic N) is 2. The Balaban J connectivity index is 2.13. The van der Waals surface area contributed by atoms with E-state index < -0.39 is 16.9 Å². The molecule has 1 aromatic rings. The molecule has 0 saturated heterocycles. The molecule has 0 amide bonds. The molecule has 2 N–H and O–H groups in total. The van der Waals surface area contributed by atoms with Gasteiger partial charge in [0.25, 0.3) is 5.69 Å². The van der Waals surface area contributed by atoms with E-state index in [1.807, 2.05) is 11.8 Å². The number of carboxylic acid groups (broad SMARTS) is 1. The van der Waals surface area contributed by atoms with Crippen LogP contribution >= 0.6 is 0 Å². The van der Waals surface area contributed by atoms with Crippen molar-refractivity contribution in [3.8, 4) is 0 Å². The van der Waals surface area contributed by atoms with Gasteiger partial charge in [-0.25, -0.2) is 4.79 Å². The highest BCUT2D eigenvalue weighted by Crippen LogP contribution is 2.32. The van der Waals surface area contributed by atoms with Gasteiger partial charge in [-0.05, 0) is 32.4 Å². The van der Waals surface area contributed by atoms with E-state index in [0.29, 0.717) is 17.8 Å². The number of ether oxygens (including phenoxy) is 1. The number of benzene rings is 1. The third kappa shape index (κ3) is 4.29. The highest BCUT2D eigenvalue weighted by Gasteiger charge is 2.34. The van der Waals surface area contributed by atoms with Crippen LogP contribution in [0.3, 0.4) is 0 Å². The summed E-state index contributed by atoms with van der Waals surface area (Å²) in [7, 11) is 1.22. The zero-order valence-electron chi connectivity index (χ0n) is 15.0. The predicted octanol–water partition coefficient (Wildman–Crippen LogP) is 2.04. The molecule has 2 rings (SSSR count). The number of nitrogens with one attached hydrogen (secondary N) is 1. The Hall–Kier alpha value is -2.68. The lowest BCUT2D eigenvalue weighted by molar-refractivity contribution is -0.385. The van der Waals surface area contributed by atoms with Crippen molar-refractivity contribution in [2.75, 3.05) is 25.5 Å². The molecule has 1 aliphatic rings. The maximum atomic E-state index is 12.0. The van der Waals surface area contributed by atoms with E-state index in [-0.39, 0.29) is 29.9 Å². The van der Waals surface area contributed by atoms with Crippen LogP contribution in [0.25, 0.3) is 0 Å². The number of anilines is 1. The predicted molar refractivity (Wildman–Crippen MR) is 94.5 cm³/mol. The van der Waals surface area contributed by atoms with Crippen molar-refractivity contribution < 1.29 is 24.4 Å². The third-order valence-electron chi connectivity index (χ3n) is 4.67. The van der Waals surface area contributed by atoms with Crippen molar-refractivity contribution in [3.63, 3.8) is 0 Å². The number of carbonyl (C=O) groups excluding carboxylic acids is 1. The summed E-state index contributed by atoms with van der Waals surface area (Å²) in [5.41, 5.74) is 0.916. The Morgan fingerprint density at radius 2 is 2.08 bits per heavy atom. The lowest BCUT2D eigenvalue weighted by atomic mass is 9.85. The van der Waals surface area contributed by atoms with Gasteiger partial charge in [0.05, 0.1) is 24.1 Å². The fourth-order valence-electron chi connectivity index (χ4n) is 3.19. The van der Waals surface area contributed by atoms with Crippen LogP contribution < -0.4 is 5.32 Å². The van der Waals surface area contributed by atoms with Gasteiger partial charge >= 0.3 is 11.9 Å². The number of aryl methyl sites for hydroxylation is 1. The SMILES string of the molecule is CCN(CC(=O)O)C1CC(Nc2cc(C)c([N+](=O)[O-])cc2C(=O)OC)C1. The number of carbonyl (C=O) groups is 2. The second-order valence-electron chi connectivity index (χ2n) is 6.36. The lowest BCUT2D eigenvalue weighted by Crippen LogP contribution is -2.51. The molecule has 9 heteroatoms. The number of hydrogen-bond donors (Lipinski definition) is 2. The zero-order chi connectivity index (χ0) is 19.4. The number of hydrogen-bond acceptors (Lipinski definition) is 7. The molecular formula is C17H23N3O6. The Morgan fingerprint density at radius 1 is 1.42 bits per heavy atom. The molecule has 1 aliphatic carbocycles. The van der Waals surface area contributed by atoms with Crippen LogP contribution in [-0.4, -0.2) is 59.2 Å². The van der Waals surface area contributed by atoms with E-state index in [9.17, 15) is 19.7 Å². The van der Waals surface area contributed by atoms with E-state index in [2.05, 4.69) is 5.32 Å². The normalized spacial score (nSPS) is 18.9. The molecule has 0 unspecified atom stereocenters. The molecule has 1 saturated carbocycles. The number of nitro benzene ring substituents is 1. The van der Waals surface area contributed by atoms with Crippen LogP contribution in [0.2, 0.25) is 0 Å². The van der Waals surface area contributed by atoms with Crippen LogP contribution in [0, 0.1) is 17.0 Å². The molecule has 0 radical (unpaired) electrons. The molecule has 0 aliphatic heterocycles. The van der Waals surface area contributed by atoms with Crippen molar-refractivity contribution in [1.82, 2.24) is 4.90 Å². The van der Waals surface area contributed by atoms with Gasteiger partial charge in [0.1, 0.15) is 0 Å². The highest BCUT2D eigenvalue weighted by molar-refractivity contribution is 5.96. The van der Waals surface area contributed by atoms with Gasteiger partial charge in [-0.1, -0.05) is 6.92 Å². The maximum Gasteiger partial charge on any atom is 0.340 e. The van der Waals surface area contributed by atoms with Gasteiger partial charge < -0.3 is 15.2 Å². The molecule has 0 spiro atoms. The minimum absolute atomic E-state index is 0.00205. The minimum atomic E-state index is -0.859. The van der Waals surface area contributed by atoms with Gasteiger partial charge in [0, 0.05) is 29.4 Å². The van der Waals surface area contributed by atoms with Crippen LogP contribution in [0.1, 0.15) is 35.7 Å². The van der Waals surface area contributed by atoms with Gasteiger partial charge in [0.15, 0.2) is 0 Å². The molecule has 9 nitrogen and oxygen atoms in total. The zero-order valence-corrected chi connectivity index (χ0v) is 15.0. The first-order valence-corrected chi connectivity index (χ1v) is 8.36. The number of likely N-dealkylation sites (N-methyl/N-ethyl adjacent to an activating group) is 1. The molecule has 0 heterocycles. The van der Waals surface area contributed by atoms with Gasteiger partial charge in [-0.2, -0.15) is 0 Å². The van der Waals surface area contributed by atoms with E-state index in [1.54, 1.807) is 13.0 Å². The first-order valence-electron chi connectivity index (χ1n) is 8.36. The summed E-state index contributed by atoms with van der Waals surface area (Å²) < 4.78 is 4.73. The number of nitro groups is 1. The summed E-state index contributed by atoms with van der Waals surface area (Å²) in [5.74, 6) is -1.50. The van der Waals surface area contributed by atoms with Crippen LogP contribution in [0.4, 0.5) is 11.4 Å². The standard InChI is InChI=1S/C17H23N3O6/c1-4-19(9-16(21)22)12-6-11(7-12)18-14-5-10(2)15(20(24)25)8-13(14)17(23)26-3/h5,8,11-12,18H,4,6-7,9H2,1-3H3,(H,21,22). The van der Waals surface area contributed by atoms with Gasteiger partial charge in [-0.15, -0.1) is 0 Å². The lowest BCUT2D eigenvalue weighted by Gasteiger charge is -2.42. The van der Waals surface area contributed by atoms with Gasteiger partial charge in [0.2, 0.25) is 0 Å². The van der Waals surface area contributed by atoms with E-state index in [4.69, 9.17) is 9.84 Å². The topological polar surface area (TPSA) is 122 Å². The summed E-state index contributed by atoms with van der Waals surface area (Å²) >= 11 is 0. The van der Waals surface area contributed by atoms with Gasteiger partial charge in [-0.3, -0.25) is 19.8 Å². The summed E-state index contributed by atoms with van der Waals surface area (Å²) in [6, 6.07) is 3.02. The van der Waals surface area contributed by atoms with Crippen molar-refractivity contribution >= 4 is 23.3 Å². The van der Waals surface area contributed by atoms with E-state index in [1.165, 1.54) is 13.2 Å². The summed E-state index contributed by atoms with van der Waals surface area (Å²) in [6.07, 6.45) is 1.47. The Bertz CT molecular complexity index is 715. The molecule has 142 valence electrons. The fraction of sp³-hybridized carbons (Fsp3) is 0.529. The number of carboxylic acids is 1. The monoisotopic (exact) mass is 365 g/mol. The molecular weight excluding hydrogens is 342 g/mol. The Morgan fingerprint density at radius 3 is 2.58 bits per heavy atom. The summed E-state index contributed by atoms with van der Waals surface area (Å²) in [6.45, 7) is 4.17. The van der Waals surface area contributed by atoms with Crippen LogP contribution in [-0.2, 0) is 9.53 Å². The smallest absolute Gasteiger partial charge is 0.340 e. The Kier molecular flexibility index (Phi) is 6.14. The van der Waals surface area contributed by atoms with Crippen molar-refractivity contribution in [3.05, 3.63) is 33.4 Å². The molecule has 26 heavy (non-hydrogen) atoms. The van der Waals surface area contributed by atoms with Crippen LogP contribution in [0.5, 0.6) is 0 Å². The largest absolute Gasteiger partial charge is 0.480 e. The number of rotatable bonds is 8. The first kappa shape index (κ1) is 19.6. The number of aliphatic carboxylic acids is 1. The third-order valence-corrected chi connectivity index (χ3v) is 4.67. The van der Waals surface area contributed by atoms with Crippen molar-refractivity contribution in [2.24, 2.45) is 0 Å². The number of methoxy groups -OCH3 is 1. The second-order valence-corrected chi connectivity index (χ2v) is 6.36.